The van der Waals surface area contributed by atoms with Crippen molar-refractivity contribution < 1.29 is 28.6 Å². The summed E-state index contributed by atoms with van der Waals surface area (Å²) in [4.78, 5) is 76.1. The van der Waals surface area contributed by atoms with Crippen LogP contribution in [-0.4, -0.2) is 31.6 Å². The van der Waals surface area contributed by atoms with Crippen LogP contribution in [0.2, 0.25) is 0 Å². The molecule has 3 aromatic carbocycles. The van der Waals surface area contributed by atoms with E-state index < -0.39 is 35.0 Å². The van der Waals surface area contributed by atoms with Gasteiger partial charge in [-0.1, -0.05) is 20.8 Å². The van der Waals surface area contributed by atoms with E-state index in [0.717, 1.165) is 13.7 Å². The van der Waals surface area contributed by atoms with Crippen molar-refractivity contribution in [2.24, 2.45) is 0 Å². The molecule has 0 bridgehead atoms. The zero-order chi connectivity index (χ0) is 30.4. The number of esters is 3. The molecule has 0 spiro atoms. The van der Waals surface area contributed by atoms with Crippen LogP contribution in [0, 0.1) is 0 Å². The maximum Gasteiger partial charge on any atom is 0.345 e. The molecule has 0 aliphatic carbocycles. The Hall–Kier alpha value is -5.52. The third-order valence-electron chi connectivity index (χ3n) is 5.99. The highest BCUT2D eigenvalue weighted by Gasteiger charge is 2.20. The summed E-state index contributed by atoms with van der Waals surface area (Å²) in [6.45, 7) is 4.92. The first kappa shape index (κ1) is 29.5. The quantitative estimate of drug-likeness (QED) is 0.218. The highest BCUT2D eigenvalue weighted by Crippen LogP contribution is 2.18. The lowest BCUT2D eigenvalue weighted by Gasteiger charge is -2.15. The third kappa shape index (κ3) is 6.28. The molecular weight excluding hydrogens is 546 g/mol. The average Bonchev–Trinajstić information content (AvgIpc) is 2.99. The van der Waals surface area contributed by atoms with Gasteiger partial charge in [0, 0.05) is 19.3 Å². The predicted molar refractivity (Wildman–Crippen MR) is 151 cm³/mol. The molecule has 0 N–H and O–H groups in total. The molecule has 42 heavy (non-hydrogen) atoms. The fourth-order valence-corrected chi connectivity index (χ4v) is 3.81. The van der Waals surface area contributed by atoms with Gasteiger partial charge in [-0.25, -0.2) is 28.1 Å². The van der Waals surface area contributed by atoms with Crippen LogP contribution >= 0.6 is 0 Å². The van der Waals surface area contributed by atoms with Gasteiger partial charge >= 0.3 is 35.0 Å². The molecule has 4 rings (SSSR count). The zero-order valence-corrected chi connectivity index (χ0v) is 23.1. The van der Waals surface area contributed by atoms with Gasteiger partial charge in [0.1, 0.15) is 17.2 Å². The topological polar surface area (TPSA) is 145 Å². The number of hydrogen-bond acceptors (Lipinski definition) is 9. The third-order valence-corrected chi connectivity index (χ3v) is 5.99. The molecule has 0 saturated heterocycles. The van der Waals surface area contributed by atoms with E-state index in [9.17, 15) is 28.8 Å². The van der Waals surface area contributed by atoms with Crippen molar-refractivity contribution in [3.63, 3.8) is 0 Å². The van der Waals surface area contributed by atoms with Crippen LogP contribution in [0.1, 0.15) is 40.0 Å². The van der Waals surface area contributed by atoms with Crippen LogP contribution in [0.3, 0.4) is 0 Å². The fraction of sp³-hybridized carbons (Fsp3) is 0.200. The van der Waals surface area contributed by atoms with Crippen LogP contribution in [0.15, 0.2) is 87.2 Å². The summed E-state index contributed by atoms with van der Waals surface area (Å²) in [5.74, 6) is -0.754. The molecule has 216 valence electrons. The lowest BCUT2D eigenvalue weighted by atomic mass is 10.2. The largest absolute Gasteiger partial charge is 0.427 e. The predicted octanol–water partition coefficient (Wildman–Crippen LogP) is 3.09. The highest BCUT2D eigenvalue weighted by atomic mass is 16.5. The first-order valence-corrected chi connectivity index (χ1v) is 13.1. The van der Waals surface area contributed by atoms with Gasteiger partial charge in [0.2, 0.25) is 0 Å². The summed E-state index contributed by atoms with van der Waals surface area (Å²) in [5, 5.41) is 0. The normalized spacial score (nSPS) is 10.6. The summed E-state index contributed by atoms with van der Waals surface area (Å²) in [6.07, 6.45) is 0.469. The number of rotatable bonds is 9. The van der Waals surface area contributed by atoms with Crippen molar-refractivity contribution in [2.45, 2.75) is 40.0 Å². The van der Waals surface area contributed by atoms with Crippen LogP contribution in [0.5, 0.6) is 17.2 Å². The van der Waals surface area contributed by atoms with E-state index in [1.165, 1.54) is 72.8 Å². The molecule has 0 saturated carbocycles. The van der Waals surface area contributed by atoms with Gasteiger partial charge in [-0.3, -0.25) is 14.4 Å². The van der Waals surface area contributed by atoms with Crippen LogP contribution < -0.4 is 31.3 Å². The van der Waals surface area contributed by atoms with E-state index in [1.807, 2.05) is 0 Å². The van der Waals surface area contributed by atoms with Crippen molar-refractivity contribution in [1.29, 1.82) is 0 Å². The number of hydrogen-bond donors (Lipinski definition) is 0. The molecule has 4 aromatic rings. The Bertz CT molecular complexity index is 1550. The van der Waals surface area contributed by atoms with E-state index in [-0.39, 0.29) is 53.6 Å². The fourth-order valence-electron chi connectivity index (χ4n) is 3.81. The van der Waals surface area contributed by atoms with Gasteiger partial charge in [-0.15, -0.1) is 0 Å². The van der Waals surface area contributed by atoms with Crippen molar-refractivity contribution in [2.75, 3.05) is 0 Å². The smallest absolute Gasteiger partial charge is 0.345 e. The Balaban J connectivity index is 1.90. The summed E-state index contributed by atoms with van der Waals surface area (Å²) >= 11 is 0. The molecule has 12 nitrogen and oxygen atoms in total. The maximum absolute atomic E-state index is 13.7. The number of aromatic nitrogens is 3. The number of carbonyl (C=O) groups excluding carboxylic acids is 3. The van der Waals surface area contributed by atoms with Crippen molar-refractivity contribution in [3.8, 4) is 34.3 Å². The van der Waals surface area contributed by atoms with Crippen LogP contribution in [-0.2, 0) is 14.4 Å². The van der Waals surface area contributed by atoms with Gasteiger partial charge in [0.05, 0.1) is 17.1 Å². The standard InChI is InChI=1S/C30H27N3O9/c1-4-25(34)40-22-13-7-19(8-14-22)31-28(37)32(20-9-15-23(16-10-20)41-26(35)5-2)30(39)33(29(31)38)21-11-17-24(18-12-21)42-27(36)6-3/h7-18H,4-6H2,1-3H3. The summed E-state index contributed by atoms with van der Waals surface area (Å²) in [5.41, 5.74) is -2.59. The van der Waals surface area contributed by atoms with E-state index in [1.54, 1.807) is 20.8 Å². The number of ether oxygens (including phenoxy) is 3. The number of nitrogens with zero attached hydrogens (tertiary/aromatic N) is 3. The minimum absolute atomic E-state index is 0.103. The lowest BCUT2D eigenvalue weighted by molar-refractivity contribution is -0.134. The van der Waals surface area contributed by atoms with Crippen molar-refractivity contribution >= 4 is 17.9 Å². The first-order valence-electron chi connectivity index (χ1n) is 13.1. The van der Waals surface area contributed by atoms with Crippen LogP contribution in [0.25, 0.3) is 17.1 Å². The monoisotopic (exact) mass is 573 g/mol. The second kappa shape index (κ2) is 12.8. The van der Waals surface area contributed by atoms with Gasteiger partial charge in [-0.2, -0.15) is 0 Å². The van der Waals surface area contributed by atoms with Crippen molar-refractivity contribution in [3.05, 3.63) is 104 Å². The Morgan fingerprint density at radius 3 is 0.857 bits per heavy atom. The van der Waals surface area contributed by atoms with Crippen molar-refractivity contribution in [1.82, 2.24) is 13.7 Å². The first-order chi connectivity index (χ1) is 20.2. The van der Waals surface area contributed by atoms with Gasteiger partial charge < -0.3 is 14.2 Å². The maximum atomic E-state index is 13.7. The van der Waals surface area contributed by atoms with Crippen LogP contribution in [0.4, 0.5) is 0 Å². The van der Waals surface area contributed by atoms with E-state index in [0.29, 0.717) is 0 Å². The van der Waals surface area contributed by atoms with Gasteiger partial charge in [0.15, 0.2) is 0 Å². The molecule has 1 heterocycles. The molecule has 0 unspecified atom stereocenters. The molecular formula is C30H27N3O9. The Morgan fingerprint density at radius 1 is 0.452 bits per heavy atom. The van der Waals surface area contributed by atoms with Gasteiger partial charge in [0.25, 0.3) is 0 Å². The molecule has 0 amide bonds. The highest BCUT2D eigenvalue weighted by molar-refractivity contribution is 5.73. The van der Waals surface area contributed by atoms with Gasteiger partial charge in [-0.05, 0) is 72.8 Å². The molecule has 0 aliphatic rings. The Kier molecular flexibility index (Phi) is 8.96. The molecule has 0 fully saturated rings. The minimum Gasteiger partial charge on any atom is -0.427 e. The SMILES string of the molecule is CCC(=O)Oc1ccc(-n2c(=O)n(-c3ccc(OC(=O)CC)cc3)c(=O)n(-c3ccc(OC(=O)CC)cc3)c2=O)cc1. The summed E-state index contributed by atoms with van der Waals surface area (Å²) in [6, 6.07) is 16.9. The second-order valence-corrected chi connectivity index (χ2v) is 8.82. The van der Waals surface area contributed by atoms with E-state index in [4.69, 9.17) is 14.2 Å². The minimum atomic E-state index is -0.966. The second-order valence-electron chi connectivity index (χ2n) is 8.82. The average molecular weight is 574 g/mol. The molecule has 0 aliphatic heterocycles. The molecule has 1 aromatic heterocycles. The Morgan fingerprint density at radius 2 is 0.667 bits per heavy atom. The molecule has 0 radical (unpaired) electrons. The van der Waals surface area contributed by atoms with E-state index in [2.05, 4.69) is 0 Å². The summed E-state index contributed by atoms with van der Waals surface area (Å²) < 4.78 is 17.9. The Labute approximate surface area is 238 Å². The number of carbonyl (C=O) groups is 3. The molecule has 0 atom stereocenters. The lowest BCUT2D eigenvalue weighted by Crippen LogP contribution is -2.52. The zero-order valence-electron chi connectivity index (χ0n) is 23.1. The number of benzene rings is 3. The summed E-state index contributed by atoms with van der Waals surface area (Å²) in [7, 11) is 0. The molecule has 12 heteroatoms. The van der Waals surface area contributed by atoms with E-state index >= 15 is 0 Å².